The SMILES string of the molecule is C=C.c1ccc(-c2ccc3c(c2)c2ccccc2c2ccc(-c4cccc(-c5cc6ccccc6c6ccccc56)c4)cc23)cc1. The van der Waals surface area contributed by atoms with Gasteiger partial charge < -0.3 is 0 Å². The van der Waals surface area contributed by atoms with Crippen LogP contribution in [0.5, 0.6) is 0 Å². The molecule has 0 amide bonds. The predicted molar refractivity (Wildman–Crippen MR) is 202 cm³/mol. The number of benzene rings is 9. The van der Waals surface area contributed by atoms with Gasteiger partial charge in [-0.2, -0.15) is 0 Å². The number of rotatable bonds is 3. The fraction of sp³-hybridized carbons (Fsp3) is 0. The highest BCUT2D eigenvalue weighted by atomic mass is 14.2. The van der Waals surface area contributed by atoms with Gasteiger partial charge in [-0.15, -0.1) is 13.2 Å². The second kappa shape index (κ2) is 11.5. The maximum atomic E-state index is 3.00. The molecule has 0 spiro atoms. The summed E-state index contributed by atoms with van der Waals surface area (Å²) in [5, 5.41) is 12.9. The fourth-order valence-electron chi connectivity index (χ4n) is 7.11. The lowest BCUT2D eigenvalue weighted by atomic mass is 9.89. The van der Waals surface area contributed by atoms with E-state index in [2.05, 4.69) is 183 Å². The van der Waals surface area contributed by atoms with E-state index in [4.69, 9.17) is 0 Å². The Morgan fingerprint density at radius 3 is 1.37 bits per heavy atom. The summed E-state index contributed by atoms with van der Waals surface area (Å²) < 4.78 is 0. The summed E-state index contributed by atoms with van der Waals surface area (Å²) in [6, 6.07) is 62.3. The van der Waals surface area contributed by atoms with E-state index in [1.807, 2.05) is 0 Å². The smallest absolute Gasteiger partial charge is 0.00928 e. The van der Waals surface area contributed by atoms with Crippen molar-refractivity contribution in [2.24, 2.45) is 0 Å². The summed E-state index contributed by atoms with van der Waals surface area (Å²) >= 11 is 0. The third-order valence-corrected chi connectivity index (χ3v) is 9.22. The van der Waals surface area contributed by atoms with Gasteiger partial charge in [-0.1, -0.05) is 146 Å². The van der Waals surface area contributed by atoms with E-state index < -0.39 is 0 Å². The summed E-state index contributed by atoms with van der Waals surface area (Å²) in [4.78, 5) is 0. The van der Waals surface area contributed by atoms with Crippen LogP contribution in [0.4, 0.5) is 0 Å². The third kappa shape index (κ3) is 4.55. The van der Waals surface area contributed by atoms with E-state index in [1.54, 1.807) is 0 Å². The minimum absolute atomic E-state index is 1.23. The molecule has 46 heavy (non-hydrogen) atoms. The van der Waals surface area contributed by atoms with Crippen molar-refractivity contribution in [3.8, 4) is 33.4 Å². The van der Waals surface area contributed by atoms with E-state index in [1.165, 1.54) is 87.2 Å². The molecule has 0 unspecified atom stereocenters. The van der Waals surface area contributed by atoms with E-state index >= 15 is 0 Å². The zero-order chi connectivity index (χ0) is 31.0. The lowest BCUT2D eigenvalue weighted by molar-refractivity contribution is 1.63. The van der Waals surface area contributed by atoms with Gasteiger partial charge in [-0.25, -0.2) is 0 Å². The highest BCUT2D eigenvalue weighted by Gasteiger charge is 2.13. The molecule has 0 aliphatic rings. The van der Waals surface area contributed by atoms with Crippen molar-refractivity contribution >= 4 is 53.9 Å². The number of hydrogen-bond acceptors (Lipinski definition) is 0. The zero-order valence-electron chi connectivity index (χ0n) is 25.6. The highest BCUT2D eigenvalue weighted by Crippen LogP contribution is 2.40. The van der Waals surface area contributed by atoms with Crippen LogP contribution in [-0.4, -0.2) is 0 Å². The van der Waals surface area contributed by atoms with Crippen LogP contribution in [0.1, 0.15) is 0 Å². The Bertz CT molecular complexity index is 2550. The molecule has 0 aliphatic heterocycles. The summed E-state index contributed by atoms with van der Waals surface area (Å²) in [5.74, 6) is 0. The number of hydrogen-bond donors (Lipinski definition) is 0. The monoisotopic (exact) mass is 584 g/mol. The summed E-state index contributed by atoms with van der Waals surface area (Å²) in [7, 11) is 0. The first-order valence-electron chi connectivity index (χ1n) is 15.8. The van der Waals surface area contributed by atoms with Gasteiger partial charge in [0.25, 0.3) is 0 Å². The molecule has 0 radical (unpaired) electrons. The molecule has 9 aromatic carbocycles. The third-order valence-electron chi connectivity index (χ3n) is 9.22. The molecule has 0 saturated carbocycles. The molecule has 0 atom stereocenters. The topological polar surface area (TPSA) is 0 Å². The molecule has 0 nitrogen and oxygen atoms in total. The zero-order valence-corrected chi connectivity index (χ0v) is 25.6. The van der Waals surface area contributed by atoms with Crippen LogP contribution in [0, 0.1) is 0 Å². The van der Waals surface area contributed by atoms with E-state index in [-0.39, 0.29) is 0 Å². The highest BCUT2D eigenvalue weighted by molar-refractivity contribution is 6.26. The summed E-state index contributed by atoms with van der Waals surface area (Å²) in [6.07, 6.45) is 0. The molecule has 0 heteroatoms. The molecule has 0 heterocycles. The van der Waals surface area contributed by atoms with Crippen molar-refractivity contribution < 1.29 is 0 Å². The molecule has 0 saturated heterocycles. The average Bonchev–Trinajstić information content (AvgIpc) is 3.15. The standard InChI is InChI=1S/C44H28.C2H4/c1-2-11-29(12-3-1)31-21-24-41-43(26-31)39-20-9-7-18-37(39)40-23-22-32(27-44(40)41)30-14-10-15-33(25-30)42-28-34-13-4-5-16-35(34)36-17-6-8-19-38(36)42;1-2/h1-28H;1-2H2. The predicted octanol–water partition coefficient (Wildman–Crippen LogP) is 13.3. The molecule has 0 aliphatic carbocycles. The van der Waals surface area contributed by atoms with Crippen LogP contribution >= 0.6 is 0 Å². The van der Waals surface area contributed by atoms with Gasteiger partial charge in [0.2, 0.25) is 0 Å². The molecule has 9 rings (SSSR count). The molecule has 9 aromatic rings. The van der Waals surface area contributed by atoms with Crippen LogP contribution in [0.15, 0.2) is 183 Å². The van der Waals surface area contributed by atoms with Gasteiger partial charge in [-0.05, 0) is 112 Å². The van der Waals surface area contributed by atoms with Crippen molar-refractivity contribution in [3.63, 3.8) is 0 Å². The number of fused-ring (bicyclic) bond motifs is 9. The molecular formula is C46H32. The van der Waals surface area contributed by atoms with Gasteiger partial charge >= 0.3 is 0 Å². The van der Waals surface area contributed by atoms with Gasteiger partial charge in [0.1, 0.15) is 0 Å². The Morgan fingerprint density at radius 1 is 0.239 bits per heavy atom. The molecule has 216 valence electrons. The molecule has 0 fully saturated rings. The molecule has 0 N–H and O–H groups in total. The van der Waals surface area contributed by atoms with Crippen LogP contribution in [-0.2, 0) is 0 Å². The van der Waals surface area contributed by atoms with Crippen LogP contribution < -0.4 is 0 Å². The van der Waals surface area contributed by atoms with Gasteiger partial charge in [0.05, 0.1) is 0 Å². The van der Waals surface area contributed by atoms with Gasteiger partial charge in [-0.3, -0.25) is 0 Å². The lowest BCUT2D eigenvalue weighted by Crippen LogP contribution is -1.88. The Morgan fingerprint density at radius 2 is 0.674 bits per heavy atom. The van der Waals surface area contributed by atoms with Crippen LogP contribution in [0.2, 0.25) is 0 Å². The van der Waals surface area contributed by atoms with E-state index in [9.17, 15) is 0 Å². The molecule has 0 bridgehead atoms. The minimum Gasteiger partial charge on any atom is -0.106 e. The van der Waals surface area contributed by atoms with Crippen molar-refractivity contribution in [2.45, 2.75) is 0 Å². The van der Waals surface area contributed by atoms with E-state index in [0.29, 0.717) is 0 Å². The first kappa shape index (κ1) is 27.6. The Balaban J connectivity index is 0.00000153. The maximum Gasteiger partial charge on any atom is -0.00928 e. The quantitative estimate of drug-likeness (QED) is 0.143. The molecular weight excluding hydrogens is 553 g/mol. The van der Waals surface area contributed by atoms with Crippen molar-refractivity contribution in [3.05, 3.63) is 183 Å². The van der Waals surface area contributed by atoms with Gasteiger partial charge in [0.15, 0.2) is 0 Å². The second-order valence-electron chi connectivity index (χ2n) is 11.7. The molecule has 0 aromatic heterocycles. The minimum atomic E-state index is 1.23. The van der Waals surface area contributed by atoms with E-state index in [0.717, 1.165) is 0 Å². The van der Waals surface area contributed by atoms with Crippen molar-refractivity contribution in [1.82, 2.24) is 0 Å². The fourth-order valence-corrected chi connectivity index (χ4v) is 7.11. The first-order valence-corrected chi connectivity index (χ1v) is 15.8. The maximum absolute atomic E-state index is 3.00. The normalized spacial score (nSPS) is 11.2. The average molecular weight is 585 g/mol. The first-order chi connectivity index (χ1) is 22.8. The Labute approximate surface area is 269 Å². The van der Waals surface area contributed by atoms with Gasteiger partial charge in [0, 0.05) is 0 Å². The van der Waals surface area contributed by atoms with Crippen LogP contribution in [0.25, 0.3) is 87.2 Å². The Hall–Kier alpha value is -5.98. The summed E-state index contributed by atoms with van der Waals surface area (Å²) in [5.41, 5.74) is 7.45. The van der Waals surface area contributed by atoms with Crippen molar-refractivity contribution in [1.29, 1.82) is 0 Å². The van der Waals surface area contributed by atoms with Crippen molar-refractivity contribution in [2.75, 3.05) is 0 Å². The van der Waals surface area contributed by atoms with Crippen LogP contribution in [0.3, 0.4) is 0 Å². The summed E-state index contributed by atoms with van der Waals surface area (Å²) in [6.45, 7) is 6.00. The largest absolute Gasteiger partial charge is 0.106 e. The Kier molecular flexibility index (Phi) is 6.89. The second-order valence-corrected chi connectivity index (χ2v) is 11.7. The lowest BCUT2D eigenvalue weighted by Gasteiger charge is -2.14.